The summed E-state index contributed by atoms with van der Waals surface area (Å²) in [5, 5.41) is 2.95. The van der Waals surface area contributed by atoms with Crippen LogP contribution in [0, 0.1) is 0 Å². The lowest BCUT2D eigenvalue weighted by atomic mass is 10.2. The fraction of sp³-hybridized carbons (Fsp3) is 0.200. The maximum absolute atomic E-state index is 12.4. The van der Waals surface area contributed by atoms with Gasteiger partial charge in [0.2, 0.25) is 0 Å². The molecule has 0 heterocycles. The summed E-state index contributed by atoms with van der Waals surface area (Å²) in [6.45, 7) is 3.68. The summed E-state index contributed by atoms with van der Waals surface area (Å²) in [5.74, 6) is 0.603. The highest BCUT2D eigenvalue weighted by atomic mass is 31.2. The molecule has 0 aliphatic rings. The van der Waals surface area contributed by atoms with Crippen molar-refractivity contribution in [3.8, 4) is 5.75 Å². The first-order valence-electron chi connectivity index (χ1n) is 6.28. The highest BCUT2D eigenvalue weighted by Crippen LogP contribution is 2.43. The Balaban J connectivity index is 2.06. The fourth-order valence-electron chi connectivity index (χ4n) is 1.75. The van der Waals surface area contributed by atoms with Crippen molar-refractivity contribution in [3.63, 3.8) is 0 Å². The number of anilines is 1. The highest BCUT2D eigenvalue weighted by Gasteiger charge is 2.16. The van der Waals surface area contributed by atoms with Crippen LogP contribution in [0.5, 0.6) is 5.75 Å². The first-order valence-corrected chi connectivity index (χ1v) is 8.35. The number of para-hydroxylation sites is 1. The molecule has 19 heavy (non-hydrogen) atoms. The molecule has 2 aromatic carbocycles. The molecule has 0 radical (unpaired) electrons. The molecule has 0 saturated carbocycles. The maximum atomic E-state index is 12.4. The molecule has 3 nitrogen and oxygen atoms in total. The molecule has 100 valence electrons. The lowest BCUT2D eigenvalue weighted by Gasteiger charge is -2.17. The van der Waals surface area contributed by atoms with E-state index in [0.29, 0.717) is 5.75 Å². The van der Waals surface area contributed by atoms with Crippen LogP contribution < -0.4 is 9.61 Å². The van der Waals surface area contributed by atoms with Crippen molar-refractivity contribution < 1.29 is 9.09 Å². The zero-order valence-corrected chi connectivity index (χ0v) is 12.1. The first kappa shape index (κ1) is 13.7. The Kier molecular flexibility index (Phi) is 4.28. The van der Waals surface area contributed by atoms with Crippen molar-refractivity contribution in [1.82, 2.24) is 0 Å². The van der Waals surface area contributed by atoms with Gasteiger partial charge in [0.15, 0.2) is 0 Å². The molecule has 4 heteroatoms. The summed E-state index contributed by atoms with van der Waals surface area (Å²) < 4.78 is 17.9. The Bertz CT molecular complexity index is 566. The molecular weight excluding hydrogens is 257 g/mol. The average molecular weight is 275 g/mol. The molecule has 0 aromatic heterocycles. The van der Waals surface area contributed by atoms with Crippen LogP contribution in [0.2, 0.25) is 0 Å². The normalized spacial score (nSPS) is 13.6. The van der Waals surface area contributed by atoms with Crippen molar-refractivity contribution >= 4 is 13.2 Å². The molecule has 0 saturated heterocycles. The van der Waals surface area contributed by atoms with E-state index in [2.05, 4.69) is 12.0 Å². The number of benzene rings is 2. The van der Waals surface area contributed by atoms with Gasteiger partial charge in [0, 0.05) is 12.4 Å². The van der Waals surface area contributed by atoms with E-state index in [1.54, 1.807) is 18.8 Å². The summed E-state index contributed by atoms with van der Waals surface area (Å²) in [6, 6.07) is 17.1. The predicted molar refractivity (Wildman–Crippen MR) is 80.0 cm³/mol. The van der Waals surface area contributed by atoms with Gasteiger partial charge in [0.1, 0.15) is 5.75 Å². The van der Waals surface area contributed by atoms with Crippen LogP contribution in [0.1, 0.15) is 12.5 Å². The topological polar surface area (TPSA) is 38.3 Å². The van der Waals surface area contributed by atoms with Gasteiger partial charge in [-0.05, 0) is 36.2 Å². The Morgan fingerprint density at radius 1 is 1.05 bits per heavy atom. The van der Waals surface area contributed by atoms with Gasteiger partial charge in [-0.25, -0.2) is 0 Å². The molecule has 0 aliphatic carbocycles. The van der Waals surface area contributed by atoms with Crippen molar-refractivity contribution in [2.24, 2.45) is 0 Å². The summed E-state index contributed by atoms with van der Waals surface area (Å²) in [5.41, 5.74) is 2.06. The van der Waals surface area contributed by atoms with Crippen LogP contribution in [0.4, 0.5) is 5.69 Å². The van der Waals surface area contributed by atoms with Crippen molar-refractivity contribution in [1.29, 1.82) is 0 Å². The van der Waals surface area contributed by atoms with E-state index in [0.717, 1.165) is 12.1 Å². The molecule has 0 fully saturated rings. The Hall–Kier alpha value is -1.73. The van der Waals surface area contributed by atoms with E-state index in [9.17, 15) is 4.57 Å². The van der Waals surface area contributed by atoms with Gasteiger partial charge in [-0.3, -0.25) is 4.57 Å². The minimum Gasteiger partial charge on any atom is -0.429 e. The molecule has 0 aliphatic heterocycles. The summed E-state index contributed by atoms with van der Waals surface area (Å²) in [6.07, 6.45) is 0.991. The minimum atomic E-state index is -2.91. The SMILES string of the molecule is CCc1ccc(NP(C)(=O)Oc2ccccc2)cc1. The zero-order chi connectivity index (χ0) is 13.7. The summed E-state index contributed by atoms with van der Waals surface area (Å²) in [4.78, 5) is 0. The molecule has 1 unspecified atom stereocenters. The van der Waals surface area contributed by atoms with Crippen LogP contribution in [-0.2, 0) is 11.0 Å². The second-order valence-electron chi connectivity index (χ2n) is 4.41. The van der Waals surface area contributed by atoms with Crippen LogP contribution in [-0.4, -0.2) is 6.66 Å². The number of nitrogens with one attached hydrogen (secondary N) is 1. The summed E-state index contributed by atoms with van der Waals surface area (Å²) in [7, 11) is -2.91. The number of aryl methyl sites for hydroxylation is 1. The van der Waals surface area contributed by atoms with Crippen molar-refractivity contribution in [2.75, 3.05) is 11.8 Å². The van der Waals surface area contributed by atoms with Crippen LogP contribution in [0.3, 0.4) is 0 Å². The second kappa shape index (κ2) is 5.94. The Morgan fingerprint density at radius 3 is 2.26 bits per heavy atom. The van der Waals surface area contributed by atoms with Crippen LogP contribution >= 0.6 is 7.52 Å². The van der Waals surface area contributed by atoms with Crippen LogP contribution in [0.25, 0.3) is 0 Å². The van der Waals surface area contributed by atoms with E-state index in [4.69, 9.17) is 4.52 Å². The number of hydrogen-bond donors (Lipinski definition) is 1. The third-order valence-corrected chi connectivity index (χ3v) is 3.94. The van der Waals surface area contributed by atoms with E-state index in [1.807, 2.05) is 42.5 Å². The van der Waals surface area contributed by atoms with Crippen LogP contribution in [0.15, 0.2) is 54.6 Å². The second-order valence-corrected chi connectivity index (χ2v) is 6.51. The molecule has 0 spiro atoms. The van der Waals surface area contributed by atoms with Gasteiger partial charge in [-0.1, -0.05) is 37.3 Å². The van der Waals surface area contributed by atoms with Crippen molar-refractivity contribution in [2.45, 2.75) is 13.3 Å². The molecule has 2 aromatic rings. The predicted octanol–water partition coefficient (Wildman–Crippen LogP) is 4.56. The average Bonchev–Trinajstić information content (AvgIpc) is 2.39. The largest absolute Gasteiger partial charge is 0.429 e. The zero-order valence-electron chi connectivity index (χ0n) is 11.2. The fourth-order valence-corrected chi connectivity index (χ4v) is 2.94. The number of hydrogen-bond acceptors (Lipinski definition) is 2. The Morgan fingerprint density at radius 2 is 1.68 bits per heavy atom. The van der Waals surface area contributed by atoms with Gasteiger partial charge in [-0.15, -0.1) is 0 Å². The monoisotopic (exact) mass is 275 g/mol. The van der Waals surface area contributed by atoms with E-state index in [1.165, 1.54) is 5.56 Å². The van der Waals surface area contributed by atoms with Gasteiger partial charge in [-0.2, -0.15) is 0 Å². The lowest BCUT2D eigenvalue weighted by molar-refractivity contribution is 0.493. The molecule has 0 amide bonds. The molecule has 1 N–H and O–H groups in total. The van der Waals surface area contributed by atoms with Gasteiger partial charge < -0.3 is 9.61 Å². The Labute approximate surface area is 114 Å². The van der Waals surface area contributed by atoms with E-state index < -0.39 is 7.52 Å². The van der Waals surface area contributed by atoms with Gasteiger partial charge in [0.05, 0.1) is 0 Å². The molecule has 0 bridgehead atoms. The molecule has 1 atom stereocenters. The third-order valence-electron chi connectivity index (χ3n) is 2.72. The first-order chi connectivity index (χ1) is 9.09. The third kappa shape index (κ3) is 4.15. The highest BCUT2D eigenvalue weighted by molar-refractivity contribution is 7.60. The molecule has 2 rings (SSSR count). The standard InChI is InChI=1S/C15H18NO2P/c1-3-13-9-11-14(12-10-13)16-19(2,17)18-15-7-5-4-6-8-15/h4-12H,3H2,1-2H3,(H,16,17). The van der Waals surface area contributed by atoms with Gasteiger partial charge >= 0.3 is 7.52 Å². The quantitative estimate of drug-likeness (QED) is 0.813. The van der Waals surface area contributed by atoms with Crippen molar-refractivity contribution in [3.05, 3.63) is 60.2 Å². The van der Waals surface area contributed by atoms with E-state index in [-0.39, 0.29) is 0 Å². The number of rotatable bonds is 5. The smallest absolute Gasteiger partial charge is 0.338 e. The summed E-state index contributed by atoms with van der Waals surface area (Å²) >= 11 is 0. The van der Waals surface area contributed by atoms with E-state index >= 15 is 0 Å². The molecular formula is C15H18NO2P. The maximum Gasteiger partial charge on any atom is 0.338 e. The lowest BCUT2D eigenvalue weighted by Crippen LogP contribution is -2.02. The minimum absolute atomic E-state index is 0.603. The van der Waals surface area contributed by atoms with Gasteiger partial charge in [0.25, 0.3) is 0 Å².